The Hall–Kier alpha value is -1.35. The van der Waals surface area contributed by atoms with E-state index >= 15 is 0 Å². The number of esters is 1. The van der Waals surface area contributed by atoms with E-state index in [0.717, 1.165) is 19.4 Å². The smallest absolute Gasteiger partial charge is 0.320 e. The second kappa shape index (κ2) is 7.60. The van der Waals surface area contributed by atoms with E-state index in [1.165, 1.54) is 5.56 Å². The summed E-state index contributed by atoms with van der Waals surface area (Å²) >= 11 is 0. The molecule has 2 rings (SSSR count). The Balaban J connectivity index is 2.00. The largest absolute Gasteiger partial charge is 0.464 e. The van der Waals surface area contributed by atoms with Crippen LogP contribution in [0, 0.1) is 11.8 Å². The maximum absolute atomic E-state index is 12.0. The normalized spacial score (nSPS) is 23.2. The van der Waals surface area contributed by atoms with Crippen LogP contribution in [0.3, 0.4) is 0 Å². The molecule has 0 spiro atoms. The number of nitrogens with zero attached hydrogens (tertiary/aromatic N) is 1. The summed E-state index contributed by atoms with van der Waals surface area (Å²) in [5.74, 6) is 0.998. The second-order valence-corrected chi connectivity index (χ2v) is 6.60. The Morgan fingerprint density at radius 1 is 1.33 bits per heavy atom. The number of likely N-dealkylation sites (tertiary alicyclic amines) is 1. The van der Waals surface area contributed by atoms with Gasteiger partial charge in [-0.2, -0.15) is 0 Å². The summed E-state index contributed by atoms with van der Waals surface area (Å²) in [5.41, 5.74) is 1.31. The monoisotopic (exact) mass is 289 g/mol. The third kappa shape index (κ3) is 4.85. The van der Waals surface area contributed by atoms with Gasteiger partial charge in [0.1, 0.15) is 0 Å². The van der Waals surface area contributed by atoms with Crippen molar-refractivity contribution in [1.82, 2.24) is 4.90 Å². The molecule has 1 saturated heterocycles. The van der Waals surface area contributed by atoms with Crippen LogP contribution in [0.25, 0.3) is 0 Å². The molecule has 116 valence electrons. The SMILES string of the molecule is CC(C)COC(=O)CN1CC[C@@H](C)C[C@H]1c1ccccc1. The molecule has 1 aromatic rings. The van der Waals surface area contributed by atoms with Crippen LogP contribution in [0.1, 0.15) is 45.2 Å². The van der Waals surface area contributed by atoms with Crippen LogP contribution >= 0.6 is 0 Å². The lowest BCUT2D eigenvalue weighted by Crippen LogP contribution is -2.40. The van der Waals surface area contributed by atoms with Gasteiger partial charge in [0.05, 0.1) is 13.2 Å². The first-order valence-electron chi connectivity index (χ1n) is 8.01. The van der Waals surface area contributed by atoms with E-state index in [2.05, 4.69) is 49.9 Å². The van der Waals surface area contributed by atoms with Crippen molar-refractivity contribution in [2.24, 2.45) is 11.8 Å². The Morgan fingerprint density at radius 2 is 2.05 bits per heavy atom. The van der Waals surface area contributed by atoms with Crippen molar-refractivity contribution in [2.75, 3.05) is 19.7 Å². The maximum atomic E-state index is 12.0. The third-order valence-corrected chi connectivity index (χ3v) is 4.07. The Kier molecular flexibility index (Phi) is 5.80. The Labute approximate surface area is 128 Å². The lowest BCUT2D eigenvalue weighted by Gasteiger charge is -2.38. The quantitative estimate of drug-likeness (QED) is 0.775. The molecule has 0 amide bonds. The molecule has 0 unspecified atom stereocenters. The zero-order valence-electron chi connectivity index (χ0n) is 13.4. The fourth-order valence-electron chi connectivity index (χ4n) is 2.87. The molecule has 1 heterocycles. The molecule has 1 aliphatic rings. The minimum Gasteiger partial charge on any atom is -0.464 e. The molecule has 0 radical (unpaired) electrons. The predicted molar refractivity (Wildman–Crippen MR) is 85.0 cm³/mol. The summed E-state index contributed by atoms with van der Waals surface area (Å²) in [5, 5.41) is 0. The molecule has 3 heteroatoms. The molecule has 0 aromatic heterocycles. The van der Waals surface area contributed by atoms with Gasteiger partial charge in [-0.1, -0.05) is 51.1 Å². The van der Waals surface area contributed by atoms with Crippen molar-refractivity contribution < 1.29 is 9.53 Å². The fourth-order valence-corrected chi connectivity index (χ4v) is 2.87. The number of rotatable bonds is 5. The molecular weight excluding hydrogens is 262 g/mol. The van der Waals surface area contributed by atoms with Crippen molar-refractivity contribution in [3.63, 3.8) is 0 Å². The van der Waals surface area contributed by atoms with Crippen LogP contribution < -0.4 is 0 Å². The van der Waals surface area contributed by atoms with E-state index in [1.54, 1.807) is 0 Å². The molecular formula is C18H27NO2. The first kappa shape index (κ1) is 16.0. The van der Waals surface area contributed by atoms with Gasteiger partial charge in [0.2, 0.25) is 0 Å². The van der Waals surface area contributed by atoms with Crippen LogP contribution in [0.2, 0.25) is 0 Å². The van der Waals surface area contributed by atoms with Gasteiger partial charge in [-0.25, -0.2) is 0 Å². The van der Waals surface area contributed by atoms with Crippen LogP contribution in [0.4, 0.5) is 0 Å². The van der Waals surface area contributed by atoms with Gasteiger partial charge in [-0.3, -0.25) is 9.69 Å². The minimum absolute atomic E-state index is 0.0980. The number of piperidine rings is 1. The third-order valence-electron chi connectivity index (χ3n) is 4.07. The van der Waals surface area contributed by atoms with Gasteiger partial charge >= 0.3 is 5.97 Å². The van der Waals surface area contributed by atoms with Gasteiger partial charge in [0, 0.05) is 6.04 Å². The second-order valence-electron chi connectivity index (χ2n) is 6.60. The standard InChI is InChI=1S/C18H27NO2/c1-14(2)13-21-18(20)12-19-10-9-15(3)11-17(19)16-7-5-4-6-8-16/h4-8,14-15,17H,9-13H2,1-3H3/t15-,17+/m1/s1. The summed E-state index contributed by atoms with van der Waals surface area (Å²) < 4.78 is 5.34. The number of carbonyl (C=O) groups excluding carboxylic acids is 1. The van der Waals surface area contributed by atoms with Crippen molar-refractivity contribution >= 4 is 5.97 Å². The Morgan fingerprint density at radius 3 is 2.71 bits per heavy atom. The molecule has 0 N–H and O–H groups in total. The topological polar surface area (TPSA) is 29.5 Å². The van der Waals surface area contributed by atoms with E-state index in [-0.39, 0.29) is 5.97 Å². The van der Waals surface area contributed by atoms with Crippen molar-refractivity contribution in [1.29, 1.82) is 0 Å². The van der Waals surface area contributed by atoms with Gasteiger partial charge in [0.25, 0.3) is 0 Å². The molecule has 0 saturated carbocycles. The van der Waals surface area contributed by atoms with E-state index in [4.69, 9.17) is 4.74 Å². The zero-order valence-corrected chi connectivity index (χ0v) is 13.4. The first-order valence-corrected chi connectivity index (χ1v) is 8.01. The summed E-state index contributed by atoms with van der Waals surface area (Å²) in [6.07, 6.45) is 2.27. The zero-order chi connectivity index (χ0) is 15.2. The lowest BCUT2D eigenvalue weighted by atomic mass is 9.88. The molecule has 1 aromatic carbocycles. The number of ether oxygens (including phenoxy) is 1. The van der Waals surface area contributed by atoms with Crippen LogP contribution in [0.5, 0.6) is 0 Å². The fraction of sp³-hybridized carbons (Fsp3) is 0.611. The molecule has 21 heavy (non-hydrogen) atoms. The molecule has 0 aliphatic carbocycles. The van der Waals surface area contributed by atoms with Crippen molar-refractivity contribution in [2.45, 2.75) is 39.7 Å². The van der Waals surface area contributed by atoms with Crippen molar-refractivity contribution in [3.8, 4) is 0 Å². The highest BCUT2D eigenvalue weighted by atomic mass is 16.5. The number of carbonyl (C=O) groups is 1. The number of benzene rings is 1. The van der Waals surface area contributed by atoms with E-state index < -0.39 is 0 Å². The number of hydrogen-bond acceptors (Lipinski definition) is 3. The maximum Gasteiger partial charge on any atom is 0.320 e. The summed E-state index contributed by atoms with van der Waals surface area (Å²) in [6.45, 7) is 8.30. The Bertz CT molecular complexity index is 444. The first-order chi connectivity index (χ1) is 10.1. The predicted octanol–water partition coefficient (Wildman–Crippen LogP) is 3.66. The lowest BCUT2D eigenvalue weighted by molar-refractivity contribution is -0.147. The highest BCUT2D eigenvalue weighted by molar-refractivity contribution is 5.71. The van der Waals surface area contributed by atoms with E-state index in [1.807, 2.05) is 6.07 Å². The molecule has 1 fully saturated rings. The van der Waals surface area contributed by atoms with Crippen LogP contribution in [-0.4, -0.2) is 30.6 Å². The molecule has 3 nitrogen and oxygen atoms in total. The van der Waals surface area contributed by atoms with Crippen LogP contribution in [0.15, 0.2) is 30.3 Å². The highest BCUT2D eigenvalue weighted by Gasteiger charge is 2.29. The van der Waals surface area contributed by atoms with Crippen LogP contribution in [-0.2, 0) is 9.53 Å². The molecule has 1 aliphatic heterocycles. The van der Waals surface area contributed by atoms with E-state index in [0.29, 0.717) is 31.0 Å². The highest BCUT2D eigenvalue weighted by Crippen LogP contribution is 2.33. The van der Waals surface area contributed by atoms with E-state index in [9.17, 15) is 4.79 Å². The minimum atomic E-state index is -0.0980. The molecule has 2 atom stereocenters. The summed E-state index contributed by atoms with van der Waals surface area (Å²) in [6, 6.07) is 10.8. The van der Waals surface area contributed by atoms with Gasteiger partial charge in [0.15, 0.2) is 0 Å². The summed E-state index contributed by atoms with van der Waals surface area (Å²) in [4.78, 5) is 14.3. The number of hydrogen-bond donors (Lipinski definition) is 0. The average Bonchev–Trinajstić information content (AvgIpc) is 2.48. The van der Waals surface area contributed by atoms with Gasteiger partial charge in [-0.05, 0) is 36.8 Å². The van der Waals surface area contributed by atoms with Gasteiger partial charge in [-0.15, -0.1) is 0 Å². The summed E-state index contributed by atoms with van der Waals surface area (Å²) in [7, 11) is 0. The van der Waals surface area contributed by atoms with Crippen molar-refractivity contribution in [3.05, 3.63) is 35.9 Å². The van der Waals surface area contributed by atoms with Gasteiger partial charge < -0.3 is 4.74 Å². The average molecular weight is 289 g/mol. The molecule has 0 bridgehead atoms.